The Hall–Kier alpha value is -3.16. The van der Waals surface area contributed by atoms with Crippen LogP contribution in [0.4, 0.5) is 0 Å². The molecule has 0 amide bonds. The van der Waals surface area contributed by atoms with Crippen LogP contribution in [0, 0.1) is 6.92 Å². The van der Waals surface area contributed by atoms with Crippen LogP contribution < -0.4 is 15.0 Å². The molecule has 0 fully saturated rings. The van der Waals surface area contributed by atoms with Crippen molar-refractivity contribution < 1.29 is 9.47 Å². The molecule has 8 heteroatoms. The van der Waals surface area contributed by atoms with E-state index in [0.717, 1.165) is 22.4 Å². The second kappa shape index (κ2) is 10.2. The molecule has 4 aromatic rings. The molecule has 0 aliphatic heterocycles. The van der Waals surface area contributed by atoms with Crippen LogP contribution in [0.1, 0.15) is 36.5 Å². The van der Waals surface area contributed by atoms with Crippen molar-refractivity contribution in [1.82, 2.24) is 9.66 Å². The zero-order valence-electron chi connectivity index (χ0n) is 20.1. The monoisotopic (exact) mass is 553 g/mol. The Morgan fingerprint density at radius 3 is 2.54 bits per heavy atom. The maximum atomic E-state index is 13.6. The van der Waals surface area contributed by atoms with Crippen molar-refractivity contribution in [3.63, 3.8) is 0 Å². The van der Waals surface area contributed by atoms with E-state index >= 15 is 0 Å². The summed E-state index contributed by atoms with van der Waals surface area (Å²) in [5, 5.41) is 5.56. The zero-order chi connectivity index (χ0) is 25.3. The van der Waals surface area contributed by atoms with E-state index in [1.165, 1.54) is 4.68 Å². The van der Waals surface area contributed by atoms with Crippen molar-refractivity contribution in [3.8, 4) is 22.9 Å². The third-order valence-electron chi connectivity index (χ3n) is 5.75. The molecule has 0 spiro atoms. The molecule has 0 aliphatic carbocycles. The van der Waals surface area contributed by atoms with Crippen molar-refractivity contribution in [2.24, 2.45) is 5.10 Å². The topological polar surface area (TPSA) is 65.7 Å². The molecule has 0 atom stereocenters. The first-order valence-electron chi connectivity index (χ1n) is 11.0. The number of methoxy groups -OCH3 is 2. The van der Waals surface area contributed by atoms with Gasteiger partial charge in [-0.3, -0.25) is 4.79 Å². The Morgan fingerprint density at radius 2 is 1.86 bits per heavy atom. The van der Waals surface area contributed by atoms with E-state index in [9.17, 15) is 4.79 Å². The molecule has 0 unspecified atom stereocenters. The lowest BCUT2D eigenvalue weighted by Crippen LogP contribution is -2.21. The Balaban J connectivity index is 2.01. The molecule has 0 radical (unpaired) electrons. The fraction of sp³-hybridized carbons (Fsp3) is 0.222. The van der Waals surface area contributed by atoms with E-state index < -0.39 is 0 Å². The van der Waals surface area contributed by atoms with Gasteiger partial charge in [0.25, 0.3) is 5.56 Å². The van der Waals surface area contributed by atoms with Crippen LogP contribution in [0.25, 0.3) is 22.3 Å². The molecule has 3 aromatic carbocycles. The Kier molecular flexibility index (Phi) is 7.28. The van der Waals surface area contributed by atoms with Crippen LogP contribution in [0.3, 0.4) is 0 Å². The fourth-order valence-electron chi connectivity index (χ4n) is 3.98. The van der Waals surface area contributed by atoms with Gasteiger partial charge >= 0.3 is 0 Å². The molecule has 0 N–H and O–H groups in total. The van der Waals surface area contributed by atoms with Crippen LogP contribution in [-0.4, -0.2) is 30.1 Å². The normalized spacial score (nSPS) is 11.5. The van der Waals surface area contributed by atoms with Crippen LogP contribution in [-0.2, 0) is 0 Å². The number of hydrogen-bond donors (Lipinski definition) is 0. The molecule has 0 bridgehead atoms. The highest BCUT2D eigenvalue weighted by Gasteiger charge is 2.18. The second-order valence-electron chi connectivity index (χ2n) is 8.39. The van der Waals surface area contributed by atoms with Crippen molar-refractivity contribution in [2.45, 2.75) is 26.7 Å². The third kappa shape index (κ3) is 4.83. The third-order valence-corrected chi connectivity index (χ3v) is 6.55. The molecule has 1 heterocycles. The number of nitrogens with zero attached hydrogens (tertiary/aromatic N) is 3. The molecule has 0 saturated carbocycles. The summed E-state index contributed by atoms with van der Waals surface area (Å²) in [5.41, 5.74) is 3.68. The van der Waals surface area contributed by atoms with E-state index in [2.05, 4.69) is 34.9 Å². The number of fused-ring (bicyclic) bond motifs is 1. The lowest BCUT2D eigenvalue weighted by Gasteiger charge is -2.17. The number of benzene rings is 3. The van der Waals surface area contributed by atoms with Crippen LogP contribution in [0.2, 0.25) is 5.02 Å². The number of ether oxygens (including phenoxy) is 2. The summed E-state index contributed by atoms with van der Waals surface area (Å²) < 4.78 is 13.1. The van der Waals surface area contributed by atoms with Crippen molar-refractivity contribution >= 4 is 44.6 Å². The summed E-state index contributed by atoms with van der Waals surface area (Å²) in [5.74, 6) is 2.01. The van der Waals surface area contributed by atoms with Gasteiger partial charge in [0.05, 0.1) is 35.8 Å². The Morgan fingerprint density at radius 1 is 1.11 bits per heavy atom. The van der Waals surface area contributed by atoms with Gasteiger partial charge in [0, 0.05) is 16.1 Å². The summed E-state index contributed by atoms with van der Waals surface area (Å²) in [6.45, 7) is 6.16. The molecule has 35 heavy (non-hydrogen) atoms. The van der Waals surface area contributed by atoms with Crippen molar-refractivity contribution in [2.75, 3.05) is 14.2 Å². The molecule has 180 valence electrons. The van der Waals surface area contributed by atoms with E-state index in [0.29, 0.717) is 37.5 Å². The summed E-state index contributed by atoms with van der Waals surface area (Å²) in [7, 11) is 3.22. The predicted molar refractivity (Wildman–Crippen MR) is 146 cm³/mol. The van der Waals surface area contributed by atoms with Gasteiger partial charge in [-0.2, -0.15) is 9.78 Å². The lowest BCUT2D eigenvalue weighted by atomic mass is 9.96. The maximum absolute atomic E-state index is 13.6. The SMILES string of the molecule is COc1cc(C)c(-c2nc3ccccc3c(=O)n2N=Cc2cc(Cl)cc(Br)c2OC)cc1C(C)C. The number of aromatic nitrogens is 2. The van der Waals surface area contributed by atoms with Gasteiger partial charge in [-0.25, -0.2) is 4.98 Å². The zero-order valence-corrected chi connectivity index (χ0v) is 22.4. The van der Waals surface area contributed by atoms with E-state index in [1.54, 1.807) is 38.6 Å². The van der Waals surface area contributed by atoms with Crippen molar-refractivity contribution in [3.05, 3.63) is 85.1 Å². The largest absolute Gasteiger partial charge is 0.496 e. The second-order valence-corrected chi connectivity index (χ2v) is 9.68. The maximum Gasteiger partial charge on any atom is 0.282 e. The smallest absolute Gasteiger partial charge is 0.282 e. The van der Waals surface area contributed by atoms with Crippen LogP contribution in [0.15, 0.2) is 62.9 Å². The summed E-state index contributed by atoms with van der Waals surface area (Å²) >= 11 is 9.72. The first-order chi connectivity index (χ1) is 16.7. The molecular weight excluding hydrogens is 530 g/mol. The van der Waals surface area contributed by atoms with Crippen LogP contribution >= 0.6 is 27.5 Å². The number of aryl methyl sites for hydroxylation is 1. The van der Waals surface area contributed by atoms with E-state index in [1.807, 2.05) is 37.3 Å². The standard InChI is InChI=1S/C27H25BrClN3O3/c1-15(2)20-13-21(16(3)10-24(20)34-4)26-31-23-9-7-6-8-19(23)27(33)32(26)30-14-17-11-18(29)12-22(28)25(17)35-5/h6-15H,1-5H3. The van der Waals surface area contributed by atoms with Crippen LogP contribution in [0.5, 0.6) is 11.5 Å². The van der Waals surface area contributed by atoms with Gasteiger partial charge in [-0.05, 0) is 76.3 Å². The molecular formula is C27H25BrClN3O3. The van der Waals surface area contributed by atoms with Gasteiger partial charge in [0.1, 0.15) is 11.5 Å². The highest BCUT2D eigenvalue weighted by Crippen LogP contribution is 2.34. The lowest BCUT2D eigenvalue weighted by molar-refractivity contribution is 0.407. The summed E-state index contributed by atoms with van der Waals surface area (Å²) in [4.78, 5) is 18.5. The first-order valence-corrected chi connectivity index (χ1v) is 12.2. The van der Waals surface area contributed by atoms with Crippen molar-refractivity contribution in [1.29, 1.82) is 0 Å². The Labute approximate surface area is 217 Å². The minimum atomic E-state index is -0.275. The highest BCUT2D eigenvalue weighted by atomic mass is 79.9. The molecule has 0 saturated heterocycles. The van der Waals surface area contributed by atoms with Gasteiger partial charge in [0.2, 0.25) is 0 Å². The number of hydrogen-bond acceptors (Lipinski definition) is 5. The van der Waals surface area contributed by atoms with Gasteiger partial charge in [-0.15, -0.1) is 0 Å². The predicted octanol–water partition coefficient (Wildman–Crippen LogP) is 6.81. The van der Waals surface area contributed by atoms with Gasteiger partial charge in [-0.1, -0.05) is 37.6 Å². The number of halogens is 2. The molecule has 0 aliphatic rings. The first kappa shape index (κ1) is 24.9. The molecule has 4 rings (SSSR count). The minimum absolute atomic E-state index is 0.210. The van der Waals surface area contributed by atoms with Gasteiger partial charge in [0.15, 0.2) is 5.82 Å². The summed E-state index contributed by atoms with van der Waals surface area (Å²) in [6.07, 6.45) is 1.55. The van der Waals surface area contributed by atoms with Gasteiger partial charge < -0.3 is 9.47 Å². The molecule has 6 nitrogen and oxygen atoms in total. The number of para-hydroxylation sites is 1. The quantitative estimate of drug-likeness (QED) is 0.246. The van der Waals surface area contributed by atoms with E-state index in [4.69, 9.17) is 26.1 Å². The summed E-state index contributed by atoms with van der Waals surface area (Å²) in [6, 6.07) is 14.7. The number of rotatable bonds is 6. The Bertz CT molecular complexity index is 1510. The fourth-order valence-corrected chi connectivity index (χ4v) is 4.98. The average molecular weight is 555 g/mol. The highest BCUT2D eigenvalue weighted by molar-refractivity contribution is 9.10. The molecule has 1 aromatic heterocycles. The van der Waals surface area contributed by atoms with E-state index in [-0.39, 0.29) is 11.5 Å². The minimum Gasteiger partial charge on any atom is -0.496 e. The average Bonchev–Trinajstić information content (AvgIpc) is 2.82.